The molecule has 0 atom stereocenters. The maximum Gasteiger partial charge on any atom is 0.328 e. The number of hydrogen-bond acceptors (Lipinski definition) is 4. The predicted octanol–water partition coefficient (Wildman–Crippen LogP) is 2.19. The van der Waals surface area contributed by atoms with Gasteiger partial charge < -0.3 is 9.64 Å². The van der Waals surface area contributed by atoms with Gasteiger partial charge in [0, 0.05) is 6.54 Å². The molecule has 1 heterocycles. The molecule has 0 N–H and O–H groups in total. The van der Waals surface area contributed by atoms with Crippen LogP contribution in [0, 0.1) is 0 Å². The smallest absolute Gasteiger partial charge is 0.328 e. The highest BCUT2D eigenvalue weighted by atomic mass is 16.5. The van der Waals surface area contributed by atoms with Gasteiger partial charge >= 0.3 is 12.0 Å². The van der Waals surface area contributed by atoms with Gasteiger partial charge in [0.05, 0.1) is 0 Å². The molecule has 1 fully saturated rings. The van der Waals surface area contributed by atoms with Crippen LogP contribution in [0.25, 0.3) is 0 Å². The Balaban J connectivity index is 1.54. The Hall–Kier alpha value is -3.15. The van der Waals surface area contributed by atoms with Crippen LogP contribution in [-0.2, 0) is 27.5 Å². The van der Waals surface area contributed by atoms with Crippen LogP contribution < -0.4 is 0 Å². The molecule has 2 aromatic carbocycles. The first-order valence-corrected chi connectivity index (χ1v) is 7.96. The topological polar surface area (TPSA) is 66.9 Å². The molecule has 1 saturated heterocycles. The first kappa shape index (κ1) is 16.7. The van der Waals surface area contributed by atoms with Gasteiger partial charge in [-0.15, -0.1) is 0 Å². The quantitative estimate of drug-likeness (QED) is 0.598. The number of hydrogen-bond donors (Lipinski definition) is 0. The van der Waals surface area contributed by atoms with Crippen molar-refractivity contribution < 1.29 is 19.1 Å². The van der Waals surface area contributed by atoms with Crippen molar-refractivity contribution >= 4 is 17.9 Å². The van der Waals surface area contributed by atoms with E-state index in [0.717, 1.165) is 16.0 Å². The molecule has 128 valence electrons. The molecular weight excluding hydrogens is 320 g/mol. The lowest BCUT2D eigenvalue weighted by Gasteiger charge is -2.16. The van der Waals surface area contributed by atoms with Crippen molar-refractivity contribution in [1.82, 2.24) is 9.80 Å². The fourth-order valence-corrected chi connectivity index (χ4v) is 2.59. The molecule has 0 bridgehead atoms. The Kier molecular flexibility index (Phi) is 5.09. The lowest BCUT2D eigenvalue weighted by atomic mass is 10.2. The molecule has 0 spiro atoms. The van der Waals surface area contributed by atoms with Crippen LogP contribution in [-0.4, -0.2) is 40.8 Å². The third-order valence-electron chi connectivity index (χ3n) is 3.87. The van der Waals surface area contributed by atoms with Crippen LogP contribution in [0.3, 0.4) is 0 Å². The average Bonchev–Trinajstić information content (AvgIpc) is 2.89. The van der Waals surface area contributed by atoms with Crippen molar-refractivity contribution in [2.45, 2.75) is 13.2 Å². The first-order valence-electron chi connectivity index (χ1n) is 7.96. The molecule has 6 nitrogen and oxygen atoms in total. The van der Waals surface area contributed by atoms with Crippen LogP contribution in [0.1, 0.15) is 11.1 Å². The van der Waals surface area contributed by atoms with E-state index in [1.807, 2.05) is 60.7 Å². The number of rotatable bonds is 6. The van der Waals surface area contributed by atoms with Gasteiger partial charge in [0.15, 0.2) is 0 Å². The van der Waals surface area contributed by atoms with Crippen LogP contribution in [0.2, 0.25) is 0 Å². The van der Waals surface area contributed by atoms with Crippen LogP contribution in [0.4, 0.5) is 4.79 Å². The van der Waals surface area contributed by atoms with Gasteiger partial charge in [-0.3, -0.25) is 14.5 Å². The normalized spacial score (nSPS) is 14.1. The third-order valence-corrected chi connectivity index (χ3v) is 3.87. The van der Waals surface area contributed by atoms with Gasteiger partial charge in [-0.25, -0.2) is 4.79 Å². The van der Waals surface area contributed by atoms with E-state index in [4.69, 9.17) is 4.74 Å². The molecule has 0 radical (unpaired) electrons. The minimum absolute atomic E-state index is 0.0281. The Labute approximate surface area is 145 Å². The second-order valence-electron chi connectivity index (χ2n) is 5.75. The minimum atomic E-state index is -0.605. The molecule has 3 rings (SSSR count). The number of carbonyl (C=O) groups excluding carboxylic acids is 3. The zero-order valence-corrected chi connectivity index (χ0v) is 13.6. The molecule has 6 heteroatoms. The molecule has 2 aromatic rings. The summed E-state index contributed by atoms with van der Waals surface area (Å²) in [7, 11) is 0. The third kappa shape index (κ3) is 4.23. The minimum Gasteiger partial charge on any atom is -0.459 e. The molecule has 0 aliphatic carbocycles. The Morgan fingerprint density at radius 3 is 2.16 bits per heavy atom. The van der Waals surface area contributed by atoms with Crippen LogP contribution in [0.15, 0.2) is 60.7 Å². The summed E-state index contributed by atoms with van der Waals surface area (Å²) in [5.74, 6) is -0.996. The van der Waals surface area contributed by atoms with Gasteiger partial charge in [0.1, 0.15) is 19.7 Å². The number of ether oxygens (including phenoxy) is 1. The number of amides is 3. The van der Waals surface area contributed by atoms with Crippen LogP contribution in [0.5, 0.6) is 0 Å². The SMILES string of the molecule is O=C(CN1C(=O)CN(Cc2ccccc2)C1=O)OCc1ccccc1. The van der Waals surface area contributed by atoms with E-state index in [-0.39, 0.29) is 19.7 Å². The maximum absolute atomic E-state index is 12.4. The van der Waals surface area contributed by atoms with Crippen molar-refractivity contribution in [3.8, 4) is 0 Å². The summed E-state index contributed by atoms with van der Waals surface area (Å²) in [6, 6.07) is 18.2. The van der Waals surface area contributed by atoms with Gasteiger partial charge in [-0.1, -0.05) is 60.7 Å². The van der Waals surface area contributed by atoms with E-state index in [1.54, 1.807) is 0 Å². The molecule has 25 heavy (non-hydrogen) atoms. The van der Waals surface area contributed by atoms with E-state index in [1.165, 1.54) is 4.90 Å². The summed E-state index contributed by atoms with van der Waals surface area (Å²) in [5, 5.41) is 0. The number of urea groups is 1. The second kappa shape index (κ2) is 7.61. The van der Waals surface area contributed by atoms with E-state index in [0.29, 0.717) is 6.54 Å². The summed E-state index contributed by atoms with van der Waals surface area (Å²) in [6.45, 7) is 0.0556. The van der Waals surface area contributed by atoms with Crippen molar-refractivity contribution in [3.63, 3.8) is 0 Å². The molecule has 1 aliphatic rings. The second-order valence-corrected chi connectivity index (χ2v) is 5.75. The highest BCUT2D eigenvalue weighted by Gasteiger charge is 2.37. The lowest BCUT2D eigenvalue weighted by molar-refractivity contribution is -0.147. The summed E-state index contributed by atoms with van der Waals surface area (Å²) < 4.78 is 5.14. The monoisotopic (exact) mass is 338 g/mol. The molecule has 1 aliphatic heterocycles. The summed E-state index contributed by atoms with van der Waals surface area (Å²) in [5.41, 5.74) is 1.78. The molecule has 0 unspecified atom stereocenters. The summed E-state index contributed by atoms with van der Waals surface area (Å²) in [6.07, 6.45) is 0. The molecular formula is C19H18N2O4. The van der Waals surface area contributed by atoms with Gasteiger partial charge in [0.2, 0.25) is 0 Å². The molecule has 3 amide bonds. The van der Waals surface area contributed by atoms with Gasteiger partial charge in [-0.2, -0.15) is 0 Å². The van der Waals surface area contributed by atoms with Gasteiger partial charge in [0.25, 0.3) is 5.91 Å². The summed E-state index contributed by atoms with van der Waals surface area (Å²) in [4.78, 5) is 38.7. The van der Waals surface area contributed by atoms with E-state index in [2.05, 4.69) is 0 Å². The summed E-state index contributed by atoms with van der Waals surface area (Å²) >= 11 is 0. The molecule has 0 saturated carbocycles. The number of nitrogens with zero attached hydrogens (tertiary/aromatic N) is 2. The van der Waals surface area contributed by atoms with Crippen molar-refractivity contribution in [3.05, 3.63) is 71.8 Å². The standard InChI is InChI=1S/C19H18N2O4/c22-17-12-20(11-15-7-3-1-4-8-15)19(24)21(17)13-18(23)25-14-16-9-5-2-6-10-16/h1-10H,11-14H2. The highest BCUT2D eigenvalue weighted by molar-refractivity contribution is 6.04. The zero-order valence-electron chi connectivity index (χ0n) is 13.6. The van der Waals surface area contributed by atoms with Crippen molar-refractivity contribution in [1.29, 1.82) is 0 Å². The number of imide groups is 1. The van der Waals surface area contributed by atoms with Crippen molar-refractivity contribution in [2.24, 2.45) is 0 Å². The van der Waals surface area contributed by atoms with E-state index < -0.39 is 17.9 Å². The van der Waals surface area contributed by atoms with E-state index >= 15 is 0 Å². The van der Waals surface area contributed by atoms with Gasteiger partial charge in [-0.05, 0) is 11.1 Å². The number of esters is 1. The first-order chi connectivity index (χ1) is 12.1. The lowest BCUT2D eigenvalue weighted by Crippen LogP contribution is -2.37. The fourth-order valence-electron chi connectivity index (χ4n) is 2.59. The molecule has 0 aromatic heterocycles. The van der Waals surface area contributed by atoms with Crippen LogP contribution >= 0.6 is 0 Å². The Morgan fingerprint density at radius 2 is 1.52 bits per heavy atom. The average molecular weight is 338 g/mol. The predicted molar refractivity (Wildman–Crippen MR) is 90.2 cm³/mol. The fraction of sp³-hybridized carbons (Fsp3) is 0.211. The Bertz CT molecular complexity index is 762. The maximum atomic E-state index is 12.4. The number of benzene rings is 2. The zero-order chi connectivity index (χ0) is 17.6. The number of carbonyl (C=O) groups is 3. The highest BCUT2D eigenvalue weighted by Crippen LogP contribution is 2.14. The Morgan fingerprint density at radius 1 is 0.920 bits per heavy atom. The largest absolute Gasteiger partial charge is 0.459 e. The van der Waals surface area contributed by atoms with Crippen molar-refractivity contribution in [2.75, 3.05) is 13.1 Å². The van der Waals surface area contributed by atoms with E-state index in [9.17, 15) is 14.4 Å².